The van der Waals surface area contributed by atoms with Crippen LogP contribution in [0.2, 0.25) is 15.1 Å². The van der Waals surface area contributed by atoms with Crippen LogP contribution in [0, 0.1) is 0 Å². The van der Waals surface area contributed by atoms with Crippen LogP contribution in [0.4, 0.5) is 5.69 Å². The molecule has 0 aromatic heterocycles. The Bertz CT molecular complexity index is 1540. The second-order valence-electron chi connectivity index (χ2n) is 9.60. The molecule has 3 aromatic rings. The molecule has 0 fully saturated rings. The molecule has 0 bridgehead atoms. The summed E-state index contributed by atoms with van der Waals surface area (Å²) < 4.78 is 39.7. The van der Waals surface area contributed by atoms with Crippen molar-refractivity contribution >= 4 is 62.3 Å². The van der Waals surface area contributed by atoms with Gasteiger partial charge in [0.1, 0.15) is 12.6 Å². The summed E-state index contributed by atoms with van der Waals surface area (Å²) in [6.45, 7) is 3.39. The van der Waals surface area contributed by atoms with E-state index in [9.17, 15) is 18.0 Å². The molecule has 1 atom stereocenters. The van der Waals surface area contributed by atoms with Crippen molar-refractivity contribution in [2.45, 2.75) is 44.2 Å². The lowest BCUT2D eigenvalue weighted by molar-refractivity contribution is -0.139. The Labute approximate surface area is 267 Å². The van der Waals surface area contributed by atoms with Gasteiger partial charge in [0.2, 0.25) is 11.8 Å². The molecule has 0 saturated carbocycles. The topological polar surface area (TPSA) is 105 Å². The Hall–Kier alpha value is -3.18. The van der Waals surface area contributed by atoms with Crippen LogP contribution in [0.15, 0.2) is 65.6 Å². The smallest absolute Gasteiger partial charge is 0.264 e. The van der Waals surface area contributed by atoms with Crippen LogP contribution in [0.5, 0.6) is 11.5 Å². The lowest BCUT2D eigenvalue weighted by atomic mass is 10.1. The van der Waals surface area contributed by atoms with Gasteiger partial charge >= 0.3 is 0 Å². The van der Waals surface area contributed by atoms with E-state index in [-0.39, 0.29) is 33.8 Å². The number of unbranched alkanes of at least 4 members (excludes halogenated alkanes) is 1. The minimum atomic E-state index is -4.33. The number of benzene rings is 3. The van der Waals surface area contributed by atoms with Crippen molar-refractivity contribution in [1.82, 2.24) is 10.2 Å². The SMILES string of the molecule is CCCCNC(=O)[C@H](C)N(Cc1ccc(Cl)c(Cl)c1)C(=O)CN(c1ccc(Cl)cc1)S(=O)(=O)c1ccc(OC)c(OC)c1. The molecule has 0 aliphatic rings. The molecule has 1 N–H and O–H groups in total. The quantitative estimate of drug-likeness (QED) is 0.205. The first kappa shape index (κ1) is 34.3. The first-order valence-electron chi connectivity index (χ1n) is 13.4. The summed E-state index contributed by atoms with van der Waals surface area (Å²) in [6, 6.07) is 14.1. The Morgan fingerprint density at radius 3 is 2.19 bits per heavy atom. The molecule has 0 heterocycles. The van der Waals surface area contributed by atoms with Gasteiger partial charge in [0.15, 0.2) is 11.5 Å². The number of nitrogens with zero attached hydrogens (tertiary/aromatic N) is 2. The molecule has 0 spiro atoms. The molecule has 0 aliphatic heterocycles. The zero-order valence-electron chi connectivity index (χ0n) is 24.3. The van der Waals surface area contributed by atoms with Gasteiger partial charge in [-0.1, -0.05) is 54.2 Å². The van der Waals surface area contributed by atoms with Crippen LogP contribution in [-0.4, -0.2) is 58.5 Å². The number of rotatable bonds is 14. The first-order valence-corrected chi connectivity index (χ1v) is 16.0. The number of ether oxygens (including phenoxy) is 2. The summed E-state index contributed by atoms with van der Waals surface area (Å²) in [4.78, 5) is 28.3. The van der Waals surface area contributed by atoms with Crippen molar-refractivity contribution in [2.24, 2.45) is 0 Å². The average molecular weight is 671 g/mol. The van der Waals surface area contributed by atoms with E-state index >= 15 is 0 Å². The van der Waals surface area contributed by atoms with Gasteiger partial charge in [-0.05, 0) is 67.4 Å². The van der Waals surface area contributed by atoms with Crippen molar-refractivity contribution in [3.63, 3.8) is 0 Å². The predicted octanol–water partition coefficient (Wildman–Crippen LogP) is 6.19. The fourth-order valence-electron chi connectivity index (χ4n) is 4.19. The molecule has 0 unspecified atom stereocenters. The highest BCUT2D eigenvalue weighted by Gasteiger charge is 2.33. The average Bonchev–Trinajstić information content (AvgIpc) is 3.00. The van der Waals surface area contributed by atoms with Gasteiger partial charge in [-0.15, -0.1) is 0 Å². The molecule has 9 nitrogen and oxygen atoms in total. The van der Waals surface area contributed by atoms with Gasteiger partial charge in [0.25, 0.3) is 10.0 Å². The molecule has 13 heteroatoms. The summed E-state index contributed by atoms with van der Waals surface area (Å²) >= 11 is 18.4. The van der Waals surface area contributed by atoms with E-state index in [1.54, 1.807) is 25.1 Å². The fourth-order valence-corrected chi connectivity index (χ4v) is 6.07. The summed E-state index contributed by atoms with van der Waals surface area (Å²) in [7, 11) is -1.51. The van der Waals surface area contributed by atoms with Gasteiger partial charge in [-0.25, -0.2) is 8.42 Å². The molecule has 3 rings (SSSR count). The van der Waals surface area contributed by atoms with E-state index in [4.69, 9.17) is 44.3 Å². The lowest BCUT2D eigenvalue weighted by Gasteiger charge is -2.32. The van der Waals surface area contributed by atoms with E-state index in [0.29, 0.717) is 27.9 Å². The van der Waals surface area contributed by atoms with Crippen molar-refractivity contribution in [2.75, 3.05) is 31.6 Å². The van der Waals surface area contributed by atoms with Crippen molar-refractivity contribution < 1.29 is 27.5 Å². The number of carbonyl (C=O) groups excluding carboxylic acids is 2. The van der Waals surface area contributed by atoms with E-state index in [1.807, 2.05) is 6.92 Å². The Morgan fingerprint density at radius 1 is 0.907 bits per heavy atom. The van der Waals surface area contributed by atoms with Crippen LogP contribution in [0.25, 0.3) is 0 Å². The highest BCUT2D eigenvalue weighted by atomic mass is 35.5. The van der Waals surface area contributed by atoms with E-state index in [1.165, 1.54) is 61.6 Å². The summed E-state index contributed by atoms with van der Waals surface area (Å²) in [5, 5.41) is 3.85. The van der Waals surface area contributed by atoms with Gasteiger partial charge < -0.3 is 19.7 Å². The monoisotopic (exact) mass is 669 g/mol. The first-order chi connectivity index (χ1) is 20.4. The maximum Gasteiger partial charge on any atom is 0.264 e. The van der Waals surface area contributed by atoms with Gasteiger partial charge in [-0.2, -0.15) is 0 Å². The highest BCUT2D eigenvalue weighted by Crippen LogP contribution is 2.33. The molecular weight excluding hydrogens is 637 g/mol. The molecule has 0 aliphatic carbocycles. The van der Waals surface area contributed by atoms with Crippen LogP contribution in [0.1, 0.15) is 32.3 Å². The number of hydrogen-bond donors (Lipinski definition) is 1. The van der Waals surface area contributed by atoms with E-state index < -0.39 is 28.5 Å². The van der Waals surface area contributed by atoms with Gasteiger partial charge in [0.05, 0.1) is 34.8 Å². The van der Waals surface area contributed by atoms with Gasteiger partial charge in [-0.3, -0.25) is 13.9 Å². The normalized spacial score (nSPS) is 11.9. The van der Waals surface area contributed by atoms with Crippen LogP contribution < -0.4 is 19.1 Å². The molecular formula is C30H34Cl3N3O6S. The number of halogens is 3. The minimum absolute atomic E-state index is 0.0249. The lowest BCUT2D eigenvalue weighted by Crippen LogP contribution is -2.51. The third-order valence-electron chi connectivity index (χ3n) is 6.67. The number of hydrogen-bond acceptors (Lipinski definition) is 6. The second kappa shape index (κ2) is 15.5. The van der Waals surface area contributed by atoms with Crippen molar-refractivity contribution in [3.05, 3.63) is 81.3 Å². The predicted molar refractivity (Wildman–Crippen MR) is 170 cm³/mol. The highest BCUT2D eigenvalue weighted by molar-refractivity contribution is 7.92. The number of nitrogens with one attached hydrogen (secondary N) is 1. The van der Waals surface area contributed by atoms with Gasteiger partial charge in [0, 0.05) is 24.2 Å². The maximum absolute atomic E-state index is 14.1. The van der Waals surface area contributed by atoms with E-state index in [0.717, 1.165) is 17.1 Å². The fraction of sp³-hybridized carbons (Fsp3) is 0.333. The number of anilines is 1. The maximum atomic E-state index is 14.1. The largest absolute Gasteiger partial charge is 0.493 e. The van der Waals surface area contributed by atoms with Crippen molar-refractivity contribution in [3.8, 4) is 11.5 Å². The zero-order chi connectivity index (χ0) is 31.7. The third-order valence-corrected chi connectivity index (χ3v) is 9.43. The minimum Gasteiger partial charge on any atom is -0.493 e. The Morgan fingerprint density at radius 2 is 1.58 bits per heavy atom. The number of carbonyl (C=O) groups is 2. The van der Waals surface area contributed by atoms with E-state index in [2.05, 4.69) is 5.32 Å². The molecule has 2 amide bonds. The summed E-state index contributed by atoms with van der Waals surface area (Å²) in [6.07, 6.45) is 1.65. The van der Waals surface area contributed by atoms with Crippen LogP contribution in [0.3, 0.4) is 0 Å². The number of sulfonamides is 1. The zero-order valence-corrected chi connectivity index (χ0v) is 27.4. The van der Waals surface area contributed by atoms with Crippen molar-refractivity contribution in [1.29, 1.82) is 0 Å². The molecule has 232 valence electrons. The Balaban J connectivity index is 2.05. The third kappa shape index (κ3) is 8.69. The molecule has 3 aromatic carbocycles. The molecule has 43 heavy (non-hydrogen) atoms. The standard InChI is InChI=1S/C30H34Cl3N3O6S/c1-5-6-15-34-30(38)20(2)35(18-21-7-13-25(32)26(33)16-21)29(37)19-36(23-10-8-22(31)9-11-23)43(39,40)24-12-14-27(41-3)28(17-24)42-4/h7-14,16-17,20H,5-6,15,18-19H2,1-4H3,(H,34,38)/t20-/m0/s1. The second-order valence-corrected chi connectivity index (χ2v) is 12.7. The summed E-state index contributed by atoms with van der Waals surface area (Å²) in [5.41, 5.74) is 0.804. The van der Waals surface area contributed by atoms with Crippen LogP contribution in [-0.2, 0) is 26.2 Å². The summed E-state index contributed by atoms with van der Waals surface area (Å²) in [5.74, 6) is -0.457. The number of amides is 2. The molecule has 0 radical (unpaired) electrons. The molecule has 0 saturated heterocycles. The number of methoxy groups -OCH3 is 2. The Kier molecular flexibility index (Phi) is 12.4. The van der Waals surface area contributed by atoms with Crippen LogP contribution >= 0.6 is 34.8 Å².